The monoisotopic (exact) mass is 285 g/mol. The highest BCUT2D eigenvalue weighted by atomic mass is 16.6. The summed E-state index contributed by atoms with van der Waals surface area (Å²) in [5.74, 6) is 0. The number of azide groups is 1. The maximum absolute atomic E-state index is 12.0. The lowest BCUT2D eigenvalue weighted by Gasteiger charge is -2.34. The van der Waals surface area contributed by atoms with Crippen molar-refractivity contribution in [2.45, 2.75) is 50.9 Å². The van der Waals surface area contributed by atoms with Crippen LogP contribution >= 0.6 is 0 Å². The fourth-order valence-electron chi connectivity index (χ4n) is 2.56. The minimum absolute atomic E-state index is 0.232. The highest BCUT2D eigenvalue weighted by molar-refractivity contribution is 5.71. The van der Waals surface area contributed by atoms with E-state index in [-0.39, 0.29) is 12.6 Å². The predicted molar refractivity (Wildman–Crippen MR) is 74.0 cm³/mol. The standard InChI is InChI=1S/C12H23N5O3/c1-3-10(18)12(2)9(8-13)17(11(19)20-12)7-5-4-6-15-16-14/h9-10,18H,3-8,13H2,1-2H3/t9-,10-,12+/m1/s1. The van der Waals surface area contributed by atoms with E-state index in [9.17, 15) is 9.90 Å². The fourth-order valence-corrected chi connectivity index (χ4v) is 2.56. The van der Waals surface area contributed by atoms with Crippen molar-refractivity contribution >= 4 is 6.09 Å². The molecule has 114 valence electrons. The van der Waals surface area contributed by atoms with Crippen molar-refractivity contribution in [3.8, 4) is 0 Å². The van der Waals surface area contributed by atoms with Crippen LogP contribution in [0.15, 0.2) is 5.11 Å². The van der Waals surface area contributed by atoms with Gasteiger partial charge in [0.05, 0.1) is 12.1 Å². The topological polar surface area (TPSA) is 125 Å². The average Bonchev–Trinajstić information content (AvgIpc) is 2.69. The molecule has 1 rings (SSSR count). The van der Waals surface area contributed by atoms with Gasteiger partial charge in [0.15, 0.2) is 5.60 Å². The molecule has 0 aromatic rings. The van der Waals surface area contributed by atoms with Crippen LogP contribution in [0.2, 0.25) is 0 Å². The first-order chi connectivity index (χ1) is 9.51. The normalized spacial score (nSPS) is 27.1. The average molecular weight is 285 g/mol. The highest BCUT2D eigenvalue weighted by Crippen LogP contribution is 2.33. The van der Waals surface area contributed by atoms with E-state index in [0.29, 0.717) is 32.4 Å². The van der Waals surface area contributed by atoms with Crippen LogP contribution in [-0.4, -0.2) is 53.5 Å². The van der Waals surface area contributed by atoms with Gasteiger partial charge in [-0.05, 0) is 31.7 Å². The van der Waals surface area contributed by atoms with E-state index in [1.807, 2.05) is 6.92 Å². The third-order valence-electron chi connectivity index (χ3n) is 3.82. The number of nitrogens with zero attached hydrogens (tertiary/aromatic N) is 4. The molecule has 0 aromatic heterocycles. The third kappa shape index (κ3) is 3.33. The first kappa shape index (κ1) is 16.6. The van der Waals surface area contributed by atoms with Gasteiger partial charge in [-0.1, -0.05) is 12.0 Å². The third-order valence-corrected chi connectivity index (χ3v) is 3.82. The SMILES string of the molecule is CC[C@@H](O)[C@@]1(C)OC(=O)N(CCCCN=[N+]=[N-])[C@@H]1CN. The molecular formula is C12H23N5O3. The Labute approximate surface area is 118 Å². The Kier molecular flexibility index (Phi) is 6.06. The lowest BCUT2D eigenvalue weighted by Crippen LogP contribution is -2.54. The largest absolute Gasteiger partial charge is 0.438 e. The van der Waals surface area contributed by atoms with Gasteiger partial charge in [-0.25, -0.2) is 4.79 Å². The number of cyclic esters (lactones) is 1. The minimum Gasteiger partial charge on any atom is -0.438 e. The van der Waals surface area contributed by atoms with Crippen LogP contribution in [0.4, 0.5) is 4.79 Å². The second-order valence-electron chi connectivity index (χ2n) is 5.08. The maximum Gasteiger partial charge on any atom is 0.410 e. The summed E-state index contributed by atoms with van der Waals surface area (Å²) in [7, 11) is 0. The van der Waals surface area contributed by atoms with Gasteiger partial charge in [0.2, 0.25) is 0 Å². The minimum atomic E-state index is -0.967. The van der Waals surface area contributed by atoms with Crippen LogP contribution in [-0.2, 0) is 4.74 Å². The highest BCUT2D eigenvalue weighted by Gasteiger charge is 2.53. The van der Waals surface area contributed by atoms with Gasteiger partial charge in [0.25, 0.3) is 0 Å². The zero-order valence-corrected chi connectivity index (χ0v) is 12.0. The van der Waals surface area contributed by atoms with Crippen LogP contribution in [0.3, 0.4) is 0 Å². The second-order valence-corrected chi connectivity index (χ2v) is 5.08. The summed E-state index contributed by atoms with van der Waals surface area (Å²) in [5, 5.41) is 13.5. The summed E-state index contributed by atoms with van der Waals surface area (Å²) in [6.45, 7) is 4.67. The van der Waals surface area contributed by atoms with E-state index >= 15 is 0 Å². The van der Waals surface area contributed by atoms with E-state index in [1.165, 1.54) is 0 Å². The van der Waals surface area contributed by atoms with E-state index in [1.54, 1.807) is 11.8 Å². The smallest absolute Gasteiger partial charge is 0.410 e. The molecule has 0 bridgehead atoms. The first-order valence-electron chi connectivity index (χ1n) is 6.89. The molecule has 8 heteroatoms. The maximum atomic E-state index is 12.0. The Hall–Kier alpha value is -1.50. The van der Waals surface area contributed by atoms with Gasteiger partial charge in [0.1, 0.15) is 0 Å². The van der Waals surface area contributed by atoms with Crippen molar-refractivity contribution < 1.29 is 14.6 Å². The van der Waals surface area contributed by atoms with Gasteiger partial charge in [-0.15, -0.1) is 0 Å². The molecule has 0 aromatic carbocycles. The van der Waals surface area contributed by atoms with E-state index in [2.05, 4.69) is 10.0 Å². The van der Waals surface area contributed by atoms with Crippen LogP contribution in [0.5, 0.6) is 0 Å². The van der Waals surface area contributed by atoms with Crippen molar-refractivity contribution in [3.05, 3.63) is 10.4 Å². The lowest BCUT2D eigenvalue weighted by atomic mass is 9.88. The van der Waals surface area contributed by atoms with E-state index in [0.717, 1.165) is 0 Å². The molecule has 0 spiro atoms. The molecule has 1 fully saturated rings. The number of amides is 1. The van der Waals surface area contributed by atoms with Gasteiger partial charge < -0.3 is 15.6 Å². The summed E-state index contributed by atoms with van der Waals surface area (Å²) in [6, 6.07) is -0.343. The summed E-state index contributed by atoms with van der Waals surface area (Å²) in [5.41, 5.74) is 13.0. The van der Waals surface area contributed by atoms with E-state index < -0.39 is 17.8 Å². The Morgan fingerprint density at radius 2 is 2.35 bits per heavy atom. The lowest BCUT2D eigenvalue weighted by molar-refractivity contribution is -0.0594. The molecule has 0 saturated carbocycles. The molecule has 3 atom stereocenters. The molecule has 1 saturated heterocycles. The summed E-state index contributed by atoms with van der Waals surface area (Å²) in [4.78, 5) is 16.2. The van der Waals surface area contributed by atoms with Gasteiger partial charge in [0, 0.05) is 24.5 Å². The van der Waals surface area contributed by atoms with Gasteiger partial charge in [-0.2, -0.15) is 0 Å². The number of rotatable bonds is 8. The number of aliphatic hydroxyl groups excluding tert-OH is 1. The van der Waals surface area contributed by atoms with Crippen molar-refractivity contribution in [2.75, 3.05) is 19.6 Å². The molecule has 0 radical (unpaired) electrons. The molecule has 8 nitrogen and oxygen atoms in total. The fraction of sp³-hybridized carbons (Fsp3) is 0.917. The molecule has 1 aliphatic rings. The number of hydrogen-bond acceptors (Lipinski definition) is 5. The Balaban J connectivity index is 2.66. The summed E-state index contributed by atoms with van der Waals surface area (Å²) in [6.07, 6.45) is 0.693. The molecule has 1 aliphatic heterocycles. The predicted octanol–water partition coefficient (Wildman–Crippen LogP) is 1.39. The zero-order chi connectivity index (χ0) is 15.2. The number of carbonyl (C=O) groups excluding carboxylic acids is 1. The molecule has 1 heterocycles. The van der Waals surface area contributed by atoms with Crippen LogP contribution < -0.4 is 5.73 Å². The van der Waals surface area contributed by atoms with Crippen LogP contribution in [0.1, 0.15) is 33.1 Å². The van der Waals surface area contributed by atoms with Crippen molar-refractivity contribution in [2.24, 2.45) is 10.8 Å². The van der Waals surface area contributed by atoms with Gasteiger partial charge >= 0.3 is 6.09 Å². The van der Waals surface area contributed by atoms with Crippen molar-refractivity contribution in [3.63, 3.8) is 0 Å². The number of carbonyl (C=O) groups is 1. The second kappa shape index (κ2) is 7.33. The number of aliphatic hydroxyl groups is 1. The first-order valence-corrected chi connectivity index (χ1v) is 6.89. The molecule has 0 aliphatic carbocycles. The number of hydrogen-bond donors (Lipinski definition) is 2. The van der Waals surface area contributed by atoms with Crippen LogP contribution in [0, 0.1) is 0 Å². The molecule has 0 unspecified atom stereocenters. The van der Waals surface area contributed by atoms with Gasteiger partial charge in [-0.3, -0.25) is 4.90 Å². The summed E-state index contributed by atoms with van der Waals surface area (Å²) < 4.78 is 5.37. The molecular weight excluding hydrogens is 262 g/mol. The Morgan fingerprint density at radius 1 is 1.65 bits per heavy atom. The summed E-state index contributed by atoms with van der Waals surface area (Å²) >= 11 is 0. The number of unbranched alkanes of at least 4 members (excludes halogenated alkanes) is 1. The zero-order valence-electron chi connectivity index (χ0n) is 12.0. The molecule has 20 heavy (non-hydrogen) atoms. The van der Waals surface area contributed by atoms with Crippen molar-refractivity contribution in [1.29, 1.82) is 0 Å². The molecule has 1 amide bonds. The Bertz CT molecular complexity index is 385. The Morgan fingerprint density at radius 3 is 2.90 bits per heavy atom. The van der Waals surface area contributed by atoms with Crippen LogP contribution in [0.25, 0.3) is 10.4 Å². The number of ether oxygens (including phenoxy) is 1. The number of nitrogens with two attached hydrogens (primary N) is 1. The molecule has 3 N–H and O–H groups in total. The van der Waals surface area contributed by atoms with E-state index in [4.69, 9.17) is 16.0 Å². The van der Waals surface area contributed by atoms with Crippen molar-refractivity contribution in [1.82, 2.24) is 4.90 Å². The quantitative estimate of drug-likeness (QED) is 0.302.